The van der Waals surface area contributed by atoms with Crippen LogP contribution in [0.4, 0.5) is 0 Å². The molecule has 0 spiro atoms. The number of carbonyl (C=O) groups excluding carboxylic acids is 2. The van der Waals surface area contributed by atoms with Crippen LogP contribution in [0.3, 0.4) is 0 Å². The Bertz CT molecular complexity index is 1150. The highest BCUT2D eigenvalue weighted by Crippen LogP contribution is 2.40. The monoisotopic (exact) mass is 855 g/mol. The van der Waals surface area contributed by atoms with E-state index < -0.39 is 17.9 Å². The van der Waals surface area contributed by atoms with Crippen LogP contribution in [0.15, 0.2) is 6.07 Å². The molecule has 0 unspecified atom stereocenters. The van der Waals surface area contributed by atoms with E-state index in [0.29, 0.717) is 19.0 Å². The summed E-state index contributed by atoms with van der Waals surface area (Å²) in [7, 11) is 0. The van der Waals surface area contributed by atoms with Gasteiger partial charge < -0.3 is 14.6 Å². The number of rotatable bonds is 43. The fraction of sp³-hybridized carbons (Fsp3) is 0.857. The number of benzene rings is 1. The number of hydrogen-bond acceptors (Lipinski definition) is 5. The highest BCUT2D eigenvalue weighted by molar-refractivity contribution is 5.95. The molecule has 0 amide bonds. The Morgan fingerprint density at radius 2 is 0.770 bits per heavy atom. The highest BCUT2D eigenvalue weighted by atomic mass is 16.6. The number of aromatic hydroxyl groups is 1. The summed E-state index contributed by atoms with van der Waals surface area (Å²) in [4.78, 5) is 27.4. The zero-order valence-electron chi connectivity index (χ0n) is 41.8. The molecule has 0 aromatic heterocycles. The SMILES string of the molecule is CCCCCCCCCCCCCCCCCCOC(=O)C(Cc1cc(C(C)(C)CCCCC)c(O)c(C)c1C)C(=O)OCCCCCCCCCCCCCCCCCC. The fourth-order valence-electron chi connectivity index (χ4n) is 8.98. The molecule has 0 fully saturated rings. The van der Waals surface area contributed by atoms with Crippen LogP contribution in [0.2, 0.25) is 0 Å². The second kappa shape index (κ2) is 38.4. The summed E-state index contributed by atoms with van der Waals surface area (Å²) in [6, 6.07) is 2.04. The molecule has 356 valence electrons. The van der Waals surface area contributed by atoms with Crippen molar-refractivity contribution in [1.29, 1.82) is 0 Å². The smallest absolute Gasteiger partial charge is 0.320 e. The molecule has 0 aliphatic carbocycles. The third-order valence-electron chi connectivity index (χ3n) is 13.6. The fourth-order valence-corrected chi connectivity index (χ4v) is 8.98. The number of hydrogen-bond donors (Lipinski definition) is 1. The number of carbonyl (C=O) groups is 2. The summed E-state index contributed by atoms with van der Waals surface area (Å²) in [6.07, 6.45) is 46.0. The van der Waals surface area contributed by atoms with Crippen LogP contribution >= 0.6 is 0 Å². The first-order chi connectivity index (χ1) is 29.6. The van der Waals surface area contributed by atoms with Crippen LogP contribution in [0.1, 0.15) is 288 Å². The number of phenols is 1. The average molecular weight is 855 g/mol. The van der Waals surface area contributed by atoms with Crippen molar-refractivity contribution in [2.75, 3.05) is 13.2 Å². The summed E-state index contributed by atoms with van der Waals surface area (Å²) >= 11 is 0. The minimum atomic E-state index is -1.01. The van der Waals surface area contributed by atoms with Gasteiger partial charge in [-0.15, -0.1) is 0 Å². The average Bonchev–Trinajstić information content (AvgIpc) is 3.24. The number of ether oxygens (including phenoxy) is 2. The van der Waals surface area contributed by atoms with Crippen molar-refractivity contribution in [3.05, 3.63) is 28.3 Å². The van der Waals surface area contributed by atoms with E-state index in [1.165, 1.54) is 167 Å². The normalized spacial score (nSPS) is 11.8. The summed E-state index contributed by atoms with van der Waals surface area (Å²) in [5, 5.41) is 11.3. The minimum Gasteiger partial charge on any atom is -0.507 e. The van der Waals surface area contributed by atoms with Crippen LogP contribution in [-0.2, 0) is 30.9 Å². The van der Waals surface area contributed by atoms with Crippen molar-refractivity contribution in [2.45, 2.75) is 291 Å². The van der Waals surface area contributed by atoms with Crippen molar-refractivity contribution in [3.8, 4) is 5.75 Å². The zero-order chi connectivity index (χ0) is 44.8. The molecule has 0 saturated carbocycles. The predicted molar refractivity (Wildman–Crippen MR) is 263 cm³/mol. The van der Waals surface area contributed by atoms with Crippen LogP contribution in [0.5, 0.6) is 5.75 Å². The van der Waals surface area contributed by atoms with Crippen molar-refractivity contribution in [3.63, 3.8) is 0 Å². The molecule has 0 heterocycles. The number of esters is 2. The molecule has 5 nitrogen and oxygen atoms in total. The van der Waals surface area contributed by atoms with Crippen molar-refractivity contribution >= 4 is 11.9 Å². The molecule has 1 aromatic carbocycles. The van der Waals surface area contributed by atoms with Crippen LogP contribution in [0, 0.1) is 19.8 Å². The van der Waals surface area contributed by atoms with Gasteiger partial charge in [0.05, 0.1) is 13.2 Å². The number of phenolic OH excluding ortho intramolecular Hbond substituents is 1. The van der Waals surface area contributed by atoms with E-state index in [2.05, 4.69) is 34.6 Å². The van der Waals surface area contributed by atoms with Gasteiger partial charge in [0.15, 0.2) is 5.92 Å². The van der Waals surface area contributed by atoms with Crippen LogP contribution < -0.4 is 0 Å². The first-order valence-corrected chi connectivity index (χ1v) is 26.8. The molecule has 1 N–H and O–H groups in total. The molecule has 61 heavy (non-hydrogen) atoms. The van der Waals surface area contributed by atoms with Crippen LogP contribution in [-0.4, -0.2) is 30.3 Å². The van der Waals surface area contributed by atoms with E-state index >= 15 is 0 Å². The lowest BCUT2D eigenvalue weighted by molar-refractivity contribution is -0.162. The van der Waals surface area contributed by atoms with E-state index in [1.807, 2.05) is 19.9 Å². The van der Waals surface area contributed by atoms with E-state index in [0.717, 1.165) is 86.5 Å². The molecule has 0 radical (unpaired) electrons. The molecule has 0 atom stereocenters. The molecular weight excluding hydrogens is 753 g/mol. The molecular formula is C56H102O5. The van der Waals surface area contributed by atoms with Crippen molar-refractivity contribution in [1.82, 2.24) is 0 Å². The lowest BCUT2D eigenvalue weighted by Crippen LogP contribution is -2.31. The highest BCUT2D eigenvalue weighted by Gasteiger charge is 2.33. The zero-order valence-corrected chi connectivity index (χ0v) is 41.8. The second-order valence-corrected chi connectivity index (χ2v) is 19.7. The molecule has 0 saturated heterocycles. The van der Waals surface area contributed by atoms with Crippen LogP contribution in [0.25, 0.3) is 0 Å². The molecule has 1 aromatic rings. The maximum Gasteiger partial charge on any atom is 0.320 e. The van der Waals surface area contributed by atoms with E-state index in [4.69, 9.17) is 9.47 Å². The topological polar surface area (TPSA) is 72.8 Å². The van der Waals surface area contributed by atoms with Gasteiger partial charge in [-0.1, -0.05) is 253 Å². The van der Waals surface area contributed by atoms with Crippen molar-refractivity contribution < 1.29 is 24.2 Å². The largest absolute Gasteiger partial charge is 0.507 e. The first-order valence-electron chi connectivity index (χ1n) is 26.8. The summed E-state index contributed by atoms with van der Waals surface area (Å²) in [6.45, 7) is 15.7. The quantitative estimate of drug-likeness (QED) is 0.0402. The van der Waals surface area contributed by atoms with Gasteiger partial charge in [0.2, 0.25) is 0 Å². The van der Waals surface area contributed by atoms with Gasteiger partial charge in [0.25, 0.3) is 0 Å². The molecule has 1 rings (SSSR count). The van der Waals surface area contributed by atoms with Gasteiger partial charge >= 0.3 is 11.9 Å². The van der Waals surface area contributed by atoms with Gasteiger partial charge in [0, 0.05) is 5.56 Å². The second-order valence-electron chi connectivity index (χ2n) is 19.7. The Hall–Kier alpha value is -2.04. The summed E-state index contributed by atoms with van der Waals surface area (Å²) in [5.41, 5.74) is 3.31. The van der Waals surface area contributed by atoms with Gasteiger partial charge in [-0.25, -0.2) is 0 Å². The minimum absolute atomic E-state index is 0.223. The summed E-state index contributed by atoms with van der Waals surface area (Å²) < 4.78 is 11.6. The summed E-state index contributed by atoms with van der Waals surface area (Å²) in [5.74, 6) is -1.64. The lowest BCUT2D eigenvalue weighted by Gasteiger charge is -2.29. The predicted octanol–water partition coefficient (Wildman–Crippen LogP) is 17.6. The third-order valence-corrected chi connectivity index (χ3v) is 13.6. The van der Waals surface area contributed by atoms with E-state index in [9.17, 15) is 14.7 Å². The molecule has 0 bridgehead atoms. The first kappa shape index (κ1) is 57.0. The lowest BCUT2D eigenvalue weighted by atomic mass is 9.76. The Morgan fingerprint density at radius 1 is 0.475 bits per heavy atom. The Kier molecular flexibility index (Phi) is 35.9. The molecule has 0 aliphatic heterocycles. The van der Waals surface area contributed by atoms with Gasteiger partial charge in [-0.3, -0.25) is 9.59 Å². The Morgan fingerprint density at radius 3 is 1.10 bits per heavy atom. The maximum absolute atomic E-state index is 13.7. The number of unbranched alkanes of at least 4 members (excludes halogenated alkanes) is 32. The molecule has 5 heteroatoms. The van der Waals surface area contributed by atoms with E-state index in [-0.39, 0.29) is 11.8 Å². The van der Waals surface area contributed by atoms with Gasteiger partial charge in [-0.05, 0) is 61.6 Å². The Labute approximate surface area is 379 Å². The van der Waals surface area contributed by atoms with Gasteiger partial charge in [0.1, 0.15) is 5.75 Å². The standard InChI is InChI=1S/C56H102O5/c1-8-11-14-16-18-20-22-24-26-28-30-32-34-36-38-41-44-60-54(58)51(46-50-47-52(53(57)49(5)48(50)4)56(6,7)43-40-13-10-3)55(59)61-45-42-39-37-35-33-31-29-27-25-23-21-19-17-15-12-9-2/h47,51,57H,8-46H2,1-7H3. The Balaban J connectivity index is 2.58. The third kappa shape index (κ3) is 28.4. The maximum atomic E-state index is 13.7. The van der Waals surface area contributed by atoms with E-state index in [1.54, 1.807) is 0 Å². The van der Waals surface area contributed by atoms with Gasteiger partial charge in [-0.2, -0.15) is 0 Å². The van der Waals surface area contributed by atoms with Crippen molar-refractivity contribution in [2.24, 2.45) is 5.92 Å². The molecule has 0 aliphatic rings.